The van der Waals surface area contributed by atoms with E-state index >= 15 is 0 Å². The molecule has 2 aliphatic rings. The van der Waals surface area contributed by atoms with Crippen molar-refractivity contribution in [2.24, 2.45) is 0 Å². The van der Waals surface area contributed by atoms with Crippen molar-refractivity contribution in [3.8, 4) is 0 Å². The lowest BCUT2D eigenvalue weighted by molar-refractivity contribution is -0.144. The number of fused-ring (bicyclic) bond motifs is 1. The number of hydrogen-bond acceptors (Lipinski definition) is 4. The van der Waals surface area contributed by atoms with Crippen LogP contribution >= 0.6 is 0 Å². The van der Waals surface area contributed by atoms with Gasteiger partial charge in [0.1, 0.15) is 11.9 Å². The lowest BCUT2D eigenvalue weighted by atomic mass is 10.0. The van der Waals surface area contributed by atoms with Crippen LogP contribution in [-0.2, 0) is 18.3 Å². The summed E-state index contributed by atoms with van der Waals surface area (Å²) in [7, 11) is -4.82. The molecule has 0 bridgehead atoms. The fourth-order valence-corrected chi connectivity index (χ4v) is 11.1. The minimum atomic E-state index is -2.75. The van der Waals surface area contributed by atoms with Crippen LogP contribution in [0.3, 0.4) is 0 Å². The van der Waals surface area contributed by atoms with Crippen molar-refractivity contribution in [1.82, 2.24) is 0 Å². The van der Waals surface area contributed by atoms with E-state index in [0.29, 0.717) is 6.42 Å². The summed E-state index contributed by atoms with van der Waals surface area (Å²) in [6.07, 6.45) is 6.64. The SMILES string of the molecule is CC1(C)O[C@H]2C[C@@H](O[Si](c3ccccc3)(c3ccccc3)C(C)(C)C)/C=C\C(O[Si](C)(C)C(C)(C)C)=C/[C@H]2O1. The van der Waals surface area contributed by atoms with E-state index in [-0.39, 0.29) is 28.4 Å². The van der Waals surface area contributed by atoms with Gasteiger partial charge in [0, 0.05) is 6.42 Å². The summed E-state index contributed by atoms with van der Waals surface area (Å²) in [4.78, 5) is 0. The van der Waals surface area contributed by atoms with Gasteiger partial charge in [-0.2, -0.15) is 0 Å². The number of rotatable bonds is 6. The minimum absolute atomic E-state index is 0.0839. The Bertz CT molecular complexity index is 1130. The first-order valence-corrected chi connectivity index (χ1v) is 19.1. The van der Waals surface area contributed by atoms with E-state index in [2.05, 4.69) is 134 Å². The first kappa shape index (κ1) is 30.0. The molecule has 0 N–H and O–H groups in total. The Morgan fingerprint density at radius 2 is 1.33 bits per heavy atom. The molecule has 1 aliphatic carbocycles. The van der Waals surface area contributed by atoms with Crippen LogP contribution in [0.25, 0.3) is 0 Å². The summed E-state index contributed by atoms with van der Waals surface area (Å²) >= 11 is 0. The van der Waals surface area contributed by atoms with Gasteiger partial charge in [0.15, 0.2) is 5.79 Å². The normalized spacial score (nSPS) is 26.1. The monoisotopic (exact) mass is 564 g/mol. The van der Waals surface area contributed by atoms with Crippen molar-refractivity contribution in [1.29, 1.82) is 0 Å². The molecule has 4 rings (SSSR count). The van der Waals surface area contributed by atoms with Gasteiger partial charge in [-0.05, 0) is 59.5 Å². The maximum atomic E-state index is 7.52. The second kappa shape index (κ2) is 10.8. The summed E-state index contributed by atoms with van der Waals surface area (Å²) in [6.45, 7) is 22.3. The van der Waals surface area contributed by atoms with Crippen molar-refractivity contribution in [3.05, 3.63) is 84.7 Å². The lowest BCUT2D eigenvalue weighted by Crippen LogP contribution is -2.67. The molecule has 1 fully saturated rings. The molecular weight excluding hydrogens is 517 g/mol. The predicted molar refractivity (Wildman–Crippen MR) is 166 cm³/mol. The van der Waals surface area contributed by atoms with Gasteiger partial charge >= 0.3 is 0 Å². The van der Waals surface area contributed by atoms with Gasteiger partial charge in [-0.15, -0.1) is 0 Å². The molecular formula is C33H48O4Si2. The molecule has 6 heteroatoms. The first-order chi connectivity index (χ1) is 18.0. The van der Waals surface area contributed by atoms with Gasteiger partial charge in [-0.25, -0.2) is 0 Å². The van der Waals surface area contributed by atoms with Gasteiger partial charge in [0.05, 0.1) is 12.2 Å². The molecule has 1 aliphatic heterocycles. The van der Waals surface area contributed by atoms with Crippen LogP contribution in [0.5, 0.6) is 0 Å². The highest BCUT2D eigenvalue weighted by molar-refractivity contribution is 6.99. The van der Waals surface area contributed by atoms with E-state index in [0.717, 1.165) is 5.76 Å². The maximum Gasteiger partial charge on any atom is 0.261 e. The van der Waals surface area contributed by atoms with E-state index in [1.165, 1.54) is 10.4 Å². The zero-order valence-electron chi connectivity index (χ0n) is 25.6. The summed E-state index contributed by atoms with van der Waals surface area (Å²) in [5, 5.41) is 2.51. The van der Waals surface area contributed by atoms with Crippen LogP contribution in [0, 0.1) is 0 Å². The molecule has 2 aromatic carbocycles. The molecule has 3 atom stereocenters. The third-order valence-corrected chi connectivity index (χ3v) is 17.8. The van der Waals surface area contributed by atoms with Crippen molar-refractivity contribution in [3.63, 3.8) is 0 Å². The third-order valence-electron chi connectivity index (χ3n) is 8.41. The van der Waals surface area contributed by atoms with Crippen LogP contribution in [0.15, 0.2) is 84.7 Å². The van der Waals surface area contributed by atoms with Gasteiger partial charge in [-0.3, -0.25) is 0 Å². The van der Waals surface area contributed by atoms with E-state index < -0.39 is 22.4 Å². The van der Waals surface area contributed by atoms with Gasteiger partial charge in [0.2, 0.25) is 8.32 Å². The molecule has 0 radical (unpaired) electrons. The highest BCUT2D eigenvalue weighted by Crippen LogP contribution is 2.42. The van der Waals surface area contributed by atoms with Crippen LogP contribution < -0.4 is 10.4 Å². The number of allylic oxidation sites excluding steroid dienone is 1. The van der Waals surface area contributed by atoms with Crippen molar-refractivity contribution in [2.75, 3.05) is 0 Å². The highest BCUT2D eigenvalue weighted by Gasteiger charge is 2.52. The topological polar surface area (TPSA) is 36.9 Å². The molecule has 212 valence electrons. The van der Waals surface area contributed by atoms with Gasteiger partial charge in [-0.1, -0.05) is 108 Å². The largest absolute Gasteiger partial charge is 0.544 e. The van der Waals surface area contributed by atoms with E-state index in [1.54, 1.807) is 0 Å². The van der Waals surface area contributed by atoms with Crippen LogP contribution in [0.2, 0.25) is 23.2 Å². The van der Waals surface area contributed by atoms with Crippen molar-refractivity contribution >= 4 is 27.0 Å². The Morgan fingerprint density at radius 1 is 0.795 bits per heavy atom. The number of hydrogen-bond donors (Lipinski definition) is 0. The summed E-state index contributed by atoms with van der Waals surface area (Å²) in [5.41, 5.74) is 0. The number of benzene rings is 2. The Morgan fingerprint density at radius 3 is 1.82 bits per heavy atom. The first-order valence-electron chi connectivity index (χ1n) is 14.3. The molecule has 0 aromatic heterocycles. The second-order valence-electron chi connectivity index (χ2n) is 14.0. The highest BCUT2D eigenvalue weighted by atomic mass is 28.4. The van der Waals surface area contributed by atoms with Crippen molar-refractivity contribution < 1.29 is 18.3 Å². The average molecular weight is 565 g/mol. The predicted octanol–water partition coefficient (Wildman–Crippen LogP) is 7.32. The molecule has 0 saturated carbocycles. The summed E-state index contributed by atoms with van der Waals surface area (Å²) in [6, 6.07) is 21.6. The third kappa shape index (κ3) is 6.36. The molecule has 1 heterocycles. The summed E-state index contributed by atoms with van der Waals surface area (Å²) < 4.78 is 27.2. The Hall–Kier alpha value is -1.97. The Kier molecular flexibility index (Phi) is 8.30. The van der Waals surface area contributed by atoms with Crippen LogP contribution in [-0.4, -0.2) is 40.7 Å². The Balaban J connectivity index is 1.80. The molecule has 39 heavy (non-hydrogen) atoms. The average Bonchev–Trinajstić information content (AvgIpc) is 3.10. The van der Waals surface area contributed by atoms with E-state index in [4.69, 9.17) is 18.3 Å². The fraction of sp³-hybridized carbons (Fsp3) is 0.515. The minimum Gasteiger partial charge on any atom is -0.544 e. The molecule has 0 spiro atoms. The molecule has 0 amide bonds. The van der Waals surface area contributed by atoms with Gasteiger partial charge < -0.3 is 18.3 Å². The molecule has 1 saturated heterocycles. The van der Waals surface area contributed by atoms with Gasteiger partial charge in [0.25, 0.3) is 8.32 Å². The smallest absolute Gasteiger partial charge is 0.261 e. The van der Waals surface area contributed by atoms with E-state index in [9.17, 15) is 0 Å². The molecule has 4 nitrogen and oxygen atoms in total. The molecule has 2 aromatic rings. The van der Waals surface area contributed by atoms with Crippen LogP contribution in [0.4, 0.5) is 0 Å². The lowest BCUT2D eigenvalue weighted by Gasteiger charge is -2.45. The second-order valence-corrected chi connectivity index (χ2v) is 23.0. The Labute approximate surface area is 238 Å². The molecule has 0 unspecified atom stereocenters. The zero-order valence-corrected chi connectivity index (χ0v) is 27.6. The number of ether oxygens (including phenoxy) is 2. The summed E-state index contributed by atoms with van der Waals surface area (Å²) in [5.74, 6) is 0.189. The maximum absolute atomic E-state index is 7.52. The quantitative estimate of drug-likeness (QED) is 0.345. The van der Waals surface area contributed by atoms with Crippen molar-refractivity contribution in [2.45, 2.75) is 109 Å². The standard InChI is InChI=1S/C33H48O4Si2/c1-31(2,3)38(9,10)36-25-21-22-26(24-30-29(23-25)34-33(7,8)35-30)37-39(32(4,5)6,27-17-13-11-14-18-27)28-19-15-12-16-20-28/h11-23,26,29-30H,24H2,1-10H3/b22-21-,25-23+/t26-,29+,30-/m0/s1. The fourth-order valence-electron chi connectivity index (χ4n) is 5.44. The van der Waals surface area contributed by atoms with E-state index in [1.807, 2.05) is 13.8 Å². The zero-order chi connectivity index (χ0) is 28.7. The van der Waals surface area contributed by atoms with Crippen LogP contribution in [0.1, 0.15) is 61.8 Å².